The number of esters is 1. The summed E-state index contributed by atoms with van der Waals surface area (Å²) in [7, 11) is 1.36. The van der Waals surface area contributed by atoms with Gasteiger partial charge >= 0.3 is 5.97 Å². The van der Waals surface area contributed by atoms with Gasteiger partial charge in [0.1, 0.15) is 0 Å². The first kappa shape index (κ1) is 12.4. The number of carbonyl (C=O) groups excluding carboxylic acids is 1. The Labute approximate surface area is 79.3 Å². The van der Waals surface area contributed by atoms with Crippen LogP contribution in [0.1, 0.15) is 27.2 Å². The molecule has 0 spiro atoms. The predicted octanol–water partition coefficient (Wildman–Crippen LogP) is 0.299. The van der Waals surface area contributed by atoms with Crippen molar-refractivity contribution in [3.05, 3.63) is 0 Å². The van der Waals surface area contributed by atoms with E-state index >= 15 is 0 Å². The lowest BCUT2D eigenvalue weighted by Crippen LogP contribution is -2.45. The van der Waals surface area contributed by atoms with Gasteiger partial charge in [0.2, 0.25) is 0 Å². The first-order chi connectivity index (χ1) is 5.88. The zero-order chi connectivity index (χ0) is 10.5. The van der Waals surface area contributed by atoms with Crippen LogP contribution in [0.5, 0.6) is 0 Å². The van der Waals surface area contributed by atoms with E-state index in [0.717, 1.165) is 0 Å². The monoisotopic (exact) mass is 189 g/mol. The number of aliphatic hydroxyl groups is 1. The number of ether oxygens (including phenoxy) is 1. The molecule has 0 heterocycles. The van der Waals surface area contributed by atoms with Crippen LogP contribution in [0.3, 0.4) is 0 Å². The molecule has 0 rings (SSSR count). The molecule has 0 aromatic carbocycles. The fraction of sp³-hybridized carbons (Fsp3) is 0.889. The number of nitrogens with one attached hydrogen (secondary N) is 1. The Hall–Kier alpha value is -0.610. The molecule has 0 bridgehead atoms. The van der Waals surface area contributed by atoms with Crippen molar-refractivity contribution in [2.24, 2.45) is 0 Å². The summed E-state index contributed by atoms with van der Waals surface area (Å²) < 4.78 is 4.48. The minimum Gasteiger partial charge on any atom is -0.469 e. The van der Waals surface area contributed by atoms with Crippen LogP contribution >= 0.6 is 0 Å². The molecule has 1 atom stereocenters. The molecule has 0 aliphatic rings. The van der Waals surface area contributed by atoms with E-state index in [2.05, 4.69) is 10.1 Å². The van der Waals surface area contributed by atoms with Crippen molar-refractivity contribution in [2.45, 2.75) is 38.8 Å². The molecule has 0 aromatic rings. The van der Waals surface area contributed by atoms with Gasteiger partial charge in [-0.3, -0.25) is 4.79 Å². The van der Waals surface area contributed by atoms with E-state index in [9.17, 15) is 9.90 Å². The third-order valence-electron chi connectivity index (χ3n) is 2.07. The molecule has 0 fully saturated rings. The van der Waals surface area contributed by atoms with Gasteiger partial charge in [0.15, 0.2) is 0 Å². The topological polar surface area (TPSA) is 58.6 Å². The van der Waals surface area contributed by atoms with Gasteiger partial charge in [-0.1, -0.05) is 0 Å². The summed E-state index contributed by atoms with van der Waals surface area (Å²) in [4.78, 5) is 10.7. The molecular weight excluding hydrogens is 170 g/mol. The Bertz CT molecular complexity index is 163. The van der Waals surface area contributed by atoms with Gasteiger partial charge in [-0.15, -0.1) is 0 Å². The smallest absolute Gasteiger partial charge is 0.306 e. The third-order valence-corrected chi connectivity index (χ3v) is 2.07. The van der Waals surface area contributed by atoms with Crippen LogP contribution in [0.25, 0.3) is 0 Å². The van der Waals surface area contributed by atoms with Gasteiger partial charge in [-0.25, -0.2) is 0 Å². The quantitative estimate of drug-likeness (QED) is 0.611. The highest BCUT2D eigenvalue weighted by atomic mass is 16.5. The van der Waals surface area contributed by atoms with Crippen LogP contribution in [0.4, 0.5) is 0 Å². The summed E-state index contributed by atoms with van der Waals surface area (Å²) in [6.45, 7) is 5.85. The lowest BCUT2D eigenvalue weighted by molar-refractivity contribution is -0.140. The molecular formula is C9H19NO3. The fourth-order valence-corrected chi connectivity index (χ4v) is 0.743. The first-order valence-corrected chi connectivity index (χ1v) is 4.40. The highest BCUT2D eigenvalue weighted by molar-refractivity contribution is 5.69. The van der Waals surface area contributed by atoms with Crippen LogP contribution < -0.4 is 5.32 Å². The molecule has 4 heteroatoms. The maximum absolute atomic E-state index is 10.7. The van der Waals surface area contributed by atoms with Crippen LogP contribution in [0.2, 0.25) is 0 Å². The average molecular weight is 189 g/mol. The number of carbonyl (C=O) groups is 1. The van der Waals surface area contributed by atoms with Gasteiger partial charge in [0, 0.05) is 12.6 Å². The Morgan fingerprint density at radius 1 is 1.62 bits per heavy atom. The normalized spacial score (nSPS) is 13.9. The second kappa shape index (κ2) is 5.19. The van der Waals surface area contributed by atoms with Gasteiger partial charge in [0.25, 0.3) is 0 Å². The Morgan fingerprint density at radius 3 is 2.54 bits per heavy atom. The standard InChI is InChI=1S/C9H19NO3/c1-7(9(2,3)12)10-6-5-8(11)13-4/h7,10,12H,5-6H2,1-4H3. The van der Waals surface area contributed by atoms with Gasteiger partial charge in [0.05, 0.1) is 19.1 Å². The van der Waals surface area contributed by atoms with E-state index in [1.165, 1.54) is 7.11 Å². The minimum absolute atomic E-state index is 0.0443. The van der Waals surface area contributed by atoms with Crippen LogP contribution in [0, 0.1) is 0 Å². The highest BCUT2D eigenvalue weighted by Gasteiger charge is 2.21. The van der Waals surface area contributed by atoms with Crippen molar-refractivity contribution < 1.29 is 14.6 Å². The second-order valence-electron chi connectivity index (χ2n) is 3.66. The molecule has 0 aliphatic carbocycles. The third kappa shape index (κ3) is 5.60. The van der Waals surface area contributed by atoms with Gasteiger partial charge in [-0.05, 0) is 20.8 Å². The average Bonchev–Trinajstić information content (AvgIpc) is 2.02. The summed E-state index contributed by atoms with van der Waals surface area (Å²) in [6.07, 6.45) is 0.330. The lowest BCUT2D eigenvalue weighted by Gasteiger charge is -2.26. The minimum atomic E-state index is -0.768. The van der Waals surface area contributed by atoms with Crippen molar-refractivity contribution in [3.8, 4) is 0 Å². The van der Waals surface area contributed by atoms with Crippen molar-refractivity contribution in [1.82, 2.24) is 5.32 Å². The Kier molecular flexibility index (Phi) is 4.95. The molecule has 78 valence electrons. The molecule has 0 radical (unpaired) electrons. The molecule has 0 amide bonds. The Balaban J connectivity index is 3.60. The van der Waals surface area contributed by atoms with Gasteiger partial charge < -0.3 is 15.2 Å². The maximum atomic E-state index is 10.7. The lowest BCUT2D eigenvalue weighted by atomic mass is 10.0. The Morgan fingerprint density at radius 2 is 2.15 bits per heavy atom. The maximum Gasteiger partial charge on any atom is 0.306 e. The molecule has 1 unspecified atom stereocenters. The fourth-order valence-electron chi connectivity index (χ4n) is 0.743. The molecule has 4 nitrogen and oxygen atoms in total. The summed E-state index contributed by atoms with van der Waals surface area (Å²) in [6, 6.07) is -0.0443. The number of hydrogen-bond acceptors (Lipinski definition) is 4. The van der Waals surface area contributed by atoms with Crippen molar-refractivity contribution in [2.75, 3.05) is 13.7 Å². The van der Waals surface area contributed by atoms with E-state index in [0.29, 0.717) is 13.0 Å². The number of rotatable bonds is 5. The summed E-state index contributed by atoms with van der Waals surface area (Å²) >= 11 is 0. The van der Waals surface area contributed by atoms with E-state index in [-0.39, 0.29) is 12.0 Å². The molecule has 2 N–H and O–H groups in total. The van der Waals surface area contributed by atoms with E-state index < -0.39 is 5.60 Å². The van der Waals surface area contributed by atoms with Crippen LogP contribution in [0.15, 0.2) is 0 Å². The molecule has 13 heavy (non-hydrogen) atoms. The van der Waals surface area contributed by atoms with E-state index in [4.69, 9.17) is 0 Å². The highest BCUT2D eigenvalue weighted by Crippen LogP contribution is 2.06. The predicted molar refractivity (Wildman–Crippen MR) is 50.4 cm³/mol. The van der Waals surface area contributed by atoms with Crippen molar-refractivity contribution >= 4 is 5.97 Å². The van der Waals surface area contributed by atoms with Crippen LogP contribution in [-0.2, 0) is 9.53 Å². The van der Waals surface area contributed by atoms with E-state index in [1.54, 1.807) is 13.8 Å². The van der Waals surface area contributed by atoms with E-state index in [1.807, 2.05) is 6.92 Å². The molecule has 0 saturated heterocycles. The zero-order valence-electron chi connectivity index (χ0n) is 8.76. The molecule has 0 aliphatic heterocycles. The van der Waals surface area contributed by atoms with Crippen molar-refractivity contribution in [1.29, 1.82) is 0 Å². The summed E-state index contributed by atoms with van der Waals surface area (Å²) in [5, 5.41) is 12.6. The SMILES string of the molecule is COC(=O)CCNC(C)C(C)(C)O. The zero-order valence-corrected chi connectivity index (χ0v) is 8.76. The molecule has 0 saturated carbocycles. The largest absolute Gasteiger partial charge is 0.469 e. The number of methoxy groups -OCH3 is 1. The van der Waals surface area contributed by atoms with Gasteiger partial charge in [-0.2, -0.15) is 0 Å². The summed E-state index contributed by atoms with van der Waals surface area (Å²) in [5.74, 6) is -0.240. The van der Waals surface area contributed by atoms with Crippen molar-refractivity contribution in [3.63, 3.8) is 0 Å². The first-order valence-electron chi connectivity index (χ1n) is 4.40. The number of hydrogen-bond donors (Lipinski definition) is 2. The molecule has 0 aromatic heterocycles. The van der Waals surface area contributed by atoms with Crippen LogP contribution in [-0.4, -0.2) is 36.4 Å². The second-order valence-corrected chi connectivity index (χ2v) is 3.66. The summed E-state index contributed by atoms with van der Waals surface area (Å²) in [5.41, 5.74) is -0.768.